The number of hydrogen-bond acceptors (Lipinski definition) is 6. The second-order valence-electron chi connectivity index (χ2n) is 5.83. The van der Waals surface area contributed by atoms with E-state index in [-0.39, 0.29) is 5.78 Å². The summed E-state index contributed by atoms with van der Waals surface area (Å²) in [6, 6.07) is 11.5. The number of rotatable bonds is 7. The molecule has 0 amide bonds. The molecular weight excluding hydrogens is 362 g/mol. The summed E-state index contributed by atoms with van der Waals surface area (Å²) in [6.45, 7) is 2.12. The standard InChI is InChI=1S/C21H21NO4S/c1-5-13-6-8-14(9-7-13)21-22-16(12-27-21)19(23)15-10-17(24-2)20(26-4)18(11-15)25-3/h6-12H,5H2,1-4H3. The summed E-state index contributed by atoms with van der Waals surface area (Å²) in [5.41, 5.74) is 3.09. The molecule has 0 spiro atoms. The van der Waals surface area contributed by atoms with Gasteiger partial charge in [0.25, 0.3) is 0 Å². The third-order valence-electron chi connectivity index (χ3n) is 4.27. The summed E-state index contributed by atoms with van der Waals surface area (Å²) in [7, 11) is 4.57. The summed E-state index contributed by atoms with van der Waals surface area (Å²) >= 11 is 1.45. The van der Waals surface area contributed by atoms with Crippen LogP contribution in [0.1, 0.15) is 28.5 Å². The number of aromatic nitrogens is 1. The minimum absolute atomic E-state index is 0.193. The molecule has 0 atom stereocenters. The quantitative estimate of drug-likeness (QED) is 0.557. The molecule has 27 heavy (non-hydrogen) atoms. The van der Waals surface area contributed by atoms with Crippen molar-refractivity contribution < 1.29 is 19.0 Å². The topological polar surface area (TPSA) is 57.7 Å². The van der Waals surface area contributed by atoms with Gasteiger partial charge < -0.3 is 14.2 Å². The Kier molecular flexibility index (Phi) is 5.76. The van der Waals surface area contributed by atoms with Crippen LogP contribution < -0.4 is 14.2 Å². The van der Waals surface area contributed by atoms with Gasteiger partial charge in [0.1, 0.15) is 10.7 Å². The fraction of sp³-hybridized carbons (Fsp3) is 0.238. The Balaban J connectivity index is 1.93. The van der Waals surface area contributed by atoms with E-state index >= 15 is 0 Å². The monoisotopic (exact) mass is 383 g/mol. The van der Waals surface area contributed by atoms with E-state index in [4.69, 9.17) is 14.2 Å². The van der Waals surface area contributed by atoms with Gasteiger partial charge >= 0.3 is 0 Å². The smallest absolute Gasteiger partial charge is 0.212 e. The zero-order valence-electron chi connectivity index (χ0n) is 15.7. The maximum Gasteiger partial charge on any atom is 0.212 e. The maximum absolute atomic E-state index is 12.9. The van der Waals surface area contributed by atoms with Crippen molar-refractivity contribution in [3.8, 4) is 27.8 Å². The number of methoxy groups -OCH3 is 3. The molecule has 0 bridgehead atoms. The molecule has 0 N–H and O–H groups in total. The highest BCUT2D eigenvalue weighted by atomic mass is 32.1. The number of thiazole rings is 1. The zero-order chi connectivity index (χ0) is 19.4. The number of aryl methyl sites for hydroxylation is 1. The van der Waals surface area contributed by atoms with Gasteiger partial charge in [0, 0.05) is 16.5 Å². The Morgan fingerprint density at radius 1 is 1.00 bits per heavy atom. The average molecular weight is 383 g/mol. The first-order chi connectivity index (χ1) is 13.1. The van der Waals surface area contributed by atoms with Gasteiger partial charge in [-0.3, -0.25) is 4.79 Å². The van der Waals surface area contributed by atoms with Crippen LogP contribution in [0.3, 0.4) is 0 Å². The third-order valence-corrected chi connectivity index (χ3v) is 5.16. The Bertz CT molecular complexity index is 922. The van der Waals surface area contributed by atoms with Crippen LogP contribution >= 0.6 is 11.3 Å². The van der Waals surface area contributed by atoms with Gasteiger partial charge in [-0.1, -0.05) is 31.2 Å². The largest absolute Gasteiger partial charge is 0.493 e. The molecule has 3 aromatic rings. The molecule has 140 valence electrons. The fourth-order valence-electron chi connectivity index (χ4n) is 2.75. The van der Waals surface area contributed by atoms with Gasteiger partial charge in [0.2, 0.25) is 11.5 Å². The van der Waals surface area contributed by atoms with E-state index in [0.29, 0.717) is 28.5 Å². The van der Waals surface area contributed by atoms with Gasteiger partial charge in [-0.15, -0.1) is 11.3 Å². The van der Waals surface area contributed by atoms with E-state index in [9.17, 15) is 4.79 Å². The molecule has 5 nitrogen and oxygen atoms in total. The summed E-state index contributed by atoms with van der Waals surface area (Å²) in [5, 5.41) is 2.59. The average Bonchev–Trinajstić information content (AvgIpc) is 3.22. The van der Waals surface area contributed by atoms with Crippen molar-refractivity contribution in [2.75, 3.05) is 21.3 Å². The normalized spacial score (nSPS) is 10.5. The predicted molar refractivity (Wildman–Crippen MR) is 106 cm³/mol. The summed E-state index contributed by atoms with van der Waals surface area (Å²) < 4.78 is 16.0. The van der Waals surface area contributed by atoms with Gasteiger partial charge in [-0.2, -0.15) is 0 Å². The lowest BCUT2D eigenvalue weighted by Gasteiger charge is -2.13. The molecule has 0 unspecified atom stereocenters. The van der Waals surface area contributed by atoms with Crippen LogP contribution in [0.4, 0.5) is 0 Å². The Morgan fingerprint density at radius 3 is 2.15 bits per heavy atom. The van der Waals surface area contributed by atoms with E-state index in [0.717, 1.165) is 17.0 Å². The molecule has 0 aliphatic rings. The molecule has 0 aliphatic carbocycles. The van der Waals surface area contributed by atoms with Crippen LogP contribution in [0.25, 0.3) is 10.6 Å². The van der Waals surface area contributed by atoms with Gasteiger partial charge in [-0.25, -0.2) is 4.98 Å². The highest BCUT2D eigenvalue weighted by Gasteiger charge is 2.20. The van der Waals surface area contributed by atoms with Crippen LogP contribution in [0, 0.1) is 0 Å². The molecule has 0 radical (unpaired) electrons. The summed E-state index contributed by atoms with van der Waals surface area (Å²) in [4.78, 5) is 17.4. The van der Waals surface area contributed by atoms with E-state index in [1.165, 1.54) is 38.2 Å². The number of benzene rings is 2. The third kappa shape index (κ3) is 3.80. The molecule has 0 aliphatic heterocycles. The molecule has 3 rings (SSSR count). The van der Waals surface area contributed by atoms with Gasteiger partial charge in [0.15, 0.2) is 11.5 Å². The van der Waals surface area contributed by atoms with Crippen LogP contribution in [0.15, 0.2) is 41.8 Å². The van der Waals surface area contributed by atoms with Crippen molar-refractivity contribution in [1.82, 2.24) is 4.98 Å². The number of ether oxygens (including phenoxy) is 3. The van der Waals surface area contributed by atoms with Gasteiger partial charge in [0.05, 0.1) is 21.3 Å². The van der Waals surface area contributed by atoms with Crippen LogP contribution in [-0.4, -0.2) is 32.1 Å². The lowest BCUT2D eigenvalue weighted by Crippen LogP contribution is -2.04. The molecular formula is C21H21NO4S. The fourth-order valence-corrected chi connectivity index (χ4v) is 3.56. The number of hydrogen-bond donors (Lipinski definition) is 0. The van der Waals surface area contributed by atoms with E-state index < -0.39 is 0 Å². The summed E-state index contributed by atoms with van der Waals surface area (Å²) in [6.07, 6.45) is 0.989. The SMILES string of the molecule is CCc1ccc(-c2nc(C(=O)c3cc(OC)c(OC)c(OC)c3)cs2)cc1. The zero-order valence-corrected chi connectivity index (χ0v) is 16.6. The van der Waals surface area contributed by atoms with E-state index in [1.54, 1.807) is 17.5 Å². The highest BCUT2D eigenvalue weighted by Crippen LogP contribution is 2.39. The summed E-state index contributed by atoms with van der Waals surface area (Å²) in [5.74, 6) is 1.13. The Hall–Kier alpha value is -2.86. The van der Waals surface area contributed by atoms with Crippen molar-refractivity contribution in [2.45, 2.75) is 13.3 Å². The molecule has 0 saturated carbocycles. The first-order valence-corrected chi connectivity index (χ1v) is 9.38. The molecule has 0 fully saturated rings. The number of ketones is 1. The number of carbonyl (C=O) groups is 1. The van der Waals surface area contributed by atoms with Crippen LogP contribution in [0.5, 0.6) is 17.2 Å². The van der Waals surface area contributed by atoms with E-state index in [1.807, 2.05) is 12.1 Å². The molecule has 0 saturated heterocycles. The second-order valence-corrected chi connectivity index (χ2v) is 6.69. The van der Waals surface area contributed by atoms with E-state index in [2.05, 4.69) is 24.0 Å². The van der Waals surface area contributed by atoms with Crippen molar-refractivity contribution in [1.29, 1.82) is 0 Å². The first-order valence-electron chi connectivity index (χ1n) is 8.50. The molecule has 2 aromatic carbocycles. The van der Waals surface area contributed by atoms with Crippen molar-refractivity contribution in [3.63, 3.8) is 0 Å². The van der Waals surface area contributed by atoms with Crippen molar-refractivity contribution in [3.05, 3.63) is 58.6 Å². The Morgan fingerprint density at radius 2 is 1.63 bits per heavy atom. The lowest BCUT2D eigenvalue weighted by atomic mass is 10.1. The highest BCUT2D eigenvalue weighted by molar-refractivity contribution is 7.13. The van der Waals surface area contributed by atoms with Crippen LogP contribution in [0.2, 0.25) is 0 Å². The number of nitrogens with zero attached hydrogens (tertiary/aromatic N) is 1. The number of carbonyl (C=O) groups excluding carboxylic acids is 1. The van der Waals surface area contributed by atoms with Crippen LogP contribution in [-0.2, 0) is 6.42 Å². The van der Waals surface area contributed by atoms with Crippen molar-refractivity contribution in [2.24, 2.45) is 0 Å². The lowest BCUT2D eigenvalue weighted by molar-refractivity contribution is 0.103. The molecule has 1 heterocycles. The molecule has 1 aromatic heterocycles. The predicted octanol–water partition coefficient (Wildman–Crippen LogP) is 4.63. The Labute approximate surface area is 162 Å². The first kappa shape index (κ1) is 18.9. The molecule has 6 heteroatoms. The minimum atomic E-state index is -0.193. The second kappa shape index (κ2) is 8.22. The van der Waals surface area contributed by atoms with Gasteiger partial charge in [-0.05, 0) is 24.1 Å². The van der Waals surface area contributed by atoms with Crippen molar-refractivity contribution >= 4 is 17.1 Å². The maximum atomic E-state index is 12.9. The minimum Gasteiger partial charge on any atom is -0.493 e.